The lowest BCUT2D eigenvalue weighted by molar-refractivity contribution is 0.0801. The number of hydrogen-bond acceptors (Lipinski definition) is 5. The summed E-state index contributed by atoms with van der Waals surface area (Å²) >= 11 is 0. The Kier molecular flexibility index (Phi) is 5.90. The van der Waals surface area contributed by atoms with Gasteiger partial charge in [-0.2, -0.15) is 0 Å². The molecule has 5 nitrogen and oxygen atoms in total. The highest BCUT2D eigenvalue weighted by Gasteiger charge is 2.47. The van der Waals surface area contributed by atoms with E-state index in [1.165, 1.54) is 0 Å². The molecule has 0 radical (unpaired) electrons. The number of hydrogen-bond donors (Lipinski definition) is 1. The molecule has 2 aliphatic rings. The smallest absolute Gasteiger partial charge is 0.178 e. The molecule has 5 heteroatoms. The van der Waals surface area contributed by atoms with Gasteiger partial charge >= 0.3 is 0 Å². The molecule has 1 unspecified atom stereocenters. The first kappa shape index (κ1) is 27.8. The van der Waals surface area contributed by atoms with Gasteiger partial charge in [0.15, 0.2) is 5.60 Å². The quantitative estimate of drug-likeness (QED) is 0.209. The summed E-state index contributed by atoms with van der Waals surface area (Å²) in [4.78, 5) is 0. The summed E-state index contributed by atoms with van der Waals surface area (Å²) in [5.74, 6) is 2.24. The molecule has 0 spiro atoms. The van der Waals surface area contributed by atoms with Crippen LogP contribution < -0.4 is 14.2 Å². The van der Waals surface area contributed by atoms with Crippen molar-refractivity contribution >= 4 is 38.8 Å². The van der Waals surface area contributed by atoms with Gasteiger partial charge in [-0.15, -0.1) is 0 Å². The van der Waals surface area contributed by atoms with E-state index >= 15 is 0 Å². The van der Waals surface area contributed by atoms with Gasteiger partial charge in [0, 0.05) is 38.4 Å². The van der Waals surface area contributed by atoms with Gasteiger partial charge in [0.05, 0.1) is 14.2 Å². The zero-order valence-corrected chi connectivity index (χ0v) is 26.3. The van der Waals surface area contributed by atoms with Crippen molar-refractivity contribution in [2.45, 2.75) is 24.5 Å². The van der Waals surface area contributed by atoms with Crippen molar-refractivity contribution in [3.05, 3.63) is 143 Å². The third-order valence-electron chi connectivity index (χ3n) is 10.2. The molecule has 1 atom stereocenters. The number of benzene rings is 6. The third-order valence-corrected chi connectivity index (χ3v) is 10.2. The molecule has 1 aliphatic heterocycles. The Morgan fingerprint density at radius 2 is 1.34 bits per heavy atom. The first-order valence-electron chi connectivity index (χ1n) is 15.9. The highest BCUT2D eigenvalue weighted by molar-refractivity contribution is 6.25. The molecule has 7 aromatic rings. The minimum absolute atomic E-state index is 0.516. The molecule has 9 rings (SSSR count). The maximum atomic E-state index is 12.6. The van der Waals surface area contributed by atoms with Crippen LogP contribution in [0.3, 0.4) is 0 Å². The lowest BCUT2D eigenvalue weighted by atomic mass is 9.79. The van der Waals surface area contributed by atoms with Crippen molar-refractivity contribution in [3.63, 3.8) is 0 Å². The van der Waals surface area contributed by atoms with E-state index in [1.54, 1.807) is 14.2 Å². The van der Waals surface area contributed by atoms with Crippen LogP contribution in [0.1, 0.15) is 41.2 Å². The number of fused-ring (bicyclic) bond motifs is 12. The Balaban J connectivity index is 1.44. The van der Waals surface area contributed by atoms with Crippen molar-refractivity contribution in [2.24, 2.45) is 0 Å². The third kappa shape index (κ3) is 3.69. The molecule has 1 N–H and O–H groups in total. The van der Waals surface area contributed by atoms with Crippen LogP contribution in [0.4, 0.5) is 0 Å². The number of rotatable bonds is 5. The topological polar surface area (TPSA) is 61.1 Å². The summed E-state index contributed by atoms with van der Waals surface area (Å²) in [5.41, 5.74) is 6.06. The van der Waals surface area contributed by atoms with E-state index in [9.17, 15) is 5.11 Å². The number of ether oxygens (including phenoxy) is 3. The van der Waals surface area contributed by atoms with Gasteiger partial charge in [0.25, 0.3) is 0 Å². The van der Waals surface area contributed by atoms with E-state index in [1.807, 2.05) is 61.5 Å². The summed E-state index contributed by atoms with van der Waals surface area (Å²) in [6, 6.07) is 36.6. The molecule has 1 aromatic heterocycles. The lowest BCUT2D eigenvalue weighted by Gasteiger charge is -2.38. The Morgan fingerprint density at radius 1 is 0.681 bits per heavy atom. The molecule has 47 heavy (non-hydrogen) atoms. The minimum atomic E-state index is -1.19. The standard InChI is InChI=1S/C42H32O5/c1-4-41(43)33-11-7-5-9-29(33)36-31-21-22-35-37(30-10-6-8-12-34(30)46-35)38(31)40-32(39(36)41)23-24-42(47-40,25-13-17-27(44-2)18-14-25)26-15-19-28(45-3)20-16-26/h5-24,43H,4H2,1-3H3. The van der Waals surface area contributed by atoms with Crippen molar-refractivity contribution in [2.75, 3.05) is 14.2 Å². The second-order valence-corrected chi connectivity index (χ2v) is 12.3. The van der Waals surface area contributed by atoms with Crippen LogP contribution in [0.15, 0.2) is 120 Å². The van der Waals surface area contributed by atoms with Gasteiger partial charge < -0.3 is 23.7 Å². The molecule has 0 amide bonds. The van der Waals surface area contributed by atoms with Gasteiger partial charge in [-0.3, -0.25) is 0 Å². The molecule has 2 heterocycles. The van der Waals surface area contributed by atoms with Crippen molar-refractivity contribution in [1.82, 2.24) is 0 Å². The number of furan rings is 1. The van der Waals surface area contributed by atoms with E-state index in [2.05, 4.69) is 66.7 Å². The minimum Gasteiger partial charge on any atom is -0.497 e. The zero-order valence-electron chi connectivity index (χ0n) is 26.3. The largest absolute Gasteiger partial charge is 0.497 e. The Hall–Kier alpha value is -5.52. The summed E-state index contributed by atoms with van der Waals surface area (Å²) in [6.07, 6.45) is 4.79. The van der Waals surface area contributed by atoms with Crippen LogP contribution in [0.25, 0.3) is 49.9 Å². The first-order valence-corrected chi connectivity index (χ1v) is 15.9. The van der Waals surface area contributed by atoms with Crippen LogP contribution >= 0.6 is 0 Å². The van der Waals surface area contributed by atoms with Gasteiger partial charge in [-0.05, 0) is 77.0 Å². The Labute approximate surface area is 272 Å². The first-order chi connectivity index (χ1) is 23.0. The van der Waals surface area contributed by atoms with E-state index in [0.29, 0.717) is 12.2 Å². The van der Waals surface area contributed by atoms with Gasteiger partial charge in [0.2, 0.25) is 0 Å². The average Bonchev–Trinajstić information content (AvgIpc) is 3.65. The summed E-state index contributed by atoms with van der Waals surface area (Å²) in [6.45, 7) is 2.04. The average molecular weight is 617 g/mol. The predicted octanol–water partition coefficient (Wildman–Crippen LogP) is 9.73. The number of para-hydroxylation sites is 1. The van der Waals surface area contributed by atoms with E-state index in [4.69, 9.17) is 18.6 Å². The molecule has 0 saturated carbocycles. The SMILES string of the molecule is CCC1(O)c2ccccc2-c2c1c1c(c3c2ccc2oc4ccccc4c23)OC(c2ccc(OC)cc2)(c2ccc(OC)cc2)C=C1. The van der Waals surface area contributed by atoms with E-state index in [0.717, 1.165) is 83.2 Å². The summed E-state index contributed by atoms with van der Waals surface area (Å²) < 4.78 is 25.0. The fourth-order valence-corrected chi connectivity index (χ4v) is 7.87. The molecular formula is C42H32O5. The Morgan fingerprint density at radius 3 is 2.02 bits per heavy atom. The molecule has 0 saturated heterocycles. The fraction of sp³-hybridized carbons (Fsp3) is 0.143. The molecule has 0 fully saturated rings. The molecule has 230 valence electrons. The maximum Gasteiger partial charge on any atom is 0.178 e. The second-order valence-electron chi connectivity index (χ2n) is 12.3. The highest BCUT2D eigenvalue weighted by atomic mass is 16.5. The van der Waals surface area contributed by atoms with E-state index < -0.39 is 11.2 Å². The van der Waals surface area contributed by atoms with Crippen LogP contribution in [0.2, 0.25) is 0 Å². The molecular weight excluding hydrogens is 584 g/mol. The summed E-state index contributed by atoms with van der Waals surface area (Å²) in [7, 11) is 3.34. The maximum absolute atomic E-state index is 12.6. The zero-order chi connectivity index (χ0) is 31.9. The van der Waals surface area contributed by atoms with Crippen LogP contribution in [-0.2, 0) is 11.2 Å². The normalized spacial score (nSPS) is 17.4. The van der Waals surface area contributed by atoms with Crippen LogP contribution in [0, 0.1) is 0 Å². The molecule has 0 bridgehead atoms. The molecule has 1 aliphatic carbocycles. The predicted molar refractivity (Wildman–Crippen MR) is 186 cm³/mol. The summed E-state index contributed by atoms with van der Waals surface area (Å²) in [5, 5.41) is 16.6. The highest BCUT2D eigenvalue weighted by Crippen LogP contribution is 2.59. The second kappa shape index (κ2) is 9.99. The van der Waals surface area contributed by atoms with Crippen molar-refractivity contribution in [3.8, 4) is 28.4 Å². The monoisotopic (exact) mass is 616 g/mol. The van der Waals surface area contributed by atoms with Crippen LogP contribution in [0.5, 0.6) is 17.2 Å². The van der Waals surface area contributed by atoms with E-state index in [-0.39, 0.29) is 0 Å². The van der Waals surface area contributed by atoms with Gasteiger partial charge in [0.1, 0.15) is 34.0 Å². The Bertz CT molecular complexity index is 2350. The molecule has 6 aromatic carbocycles. The van der Waals surface area contributed by atoms with Crippen molar-refractivity contribution in [1.29, 1.82) is 0 Å². The number of aliphatic hydroxyl groups is 1. The van der Waals surface area contributed by atoms with Crippen LogP contribution in [-0.4, -0.2) is 19.3 Å². The fourth-order valence-electron chi connectivity index (χ4n) is 7.87. The number of methoxy groups -OCH3 is 2. The van der Waals surface area contributed by atoms with Gasteiger partial charge in [-0.1, -0.05) is 79.7 Å². The van der Waals surface area contributed by atoms with Crippen molar-refractivity contribution < 1.29 is 23.7 Å². The lowest BCUT2D eigenvalue weighted by Crippen LogP contribution is -2.35. The van der Waals surface area contributed by atoms with Gasteiger partial charge in [-0.25, -0.2) is 0 Å².